The Morgan fingerprint density at radius 3 is 1.33 bits per heavy atom. The molecule has 6 rings (SSSR count). The Hall–Kier alpha value is -3.54. The summed E-state index contributed by atoms with van der Waals surface area (Å²) in [6.45, 7) is 2.77. The van der Waals surface area contributed by atoms with Gasteiger partial charge in [-0.25, -0.2) is 0 Å². The molecule has 0 spiro atoms. The summed E-state index contributed by atoms with van der Waals surface area (Å²) >= 11 is 0. The number of ether oxygens (including phenoxy) is 2. The number of aromatic hydroxyl groups is 2. The highest BCUT2D eigenvalue weighted by molar-refractivity contribution is 5.74. The van der Waals surface area contributed by atoms with Crippen molar-refractivity contribution in [3.8, 4) is 23.0 Å². The number of hydrogen-bond donors (Lipinski definition) is 2. The molecule has 0 saturated heterocycles. The minimum atomic E-state index is -0.339. The second-order valence-corrected chi connectivity index (χ2v) is 8.67. The second-order valence-electron chi connectivity index (χ2n) is 8.67. The number of carbonyl (C=O) groups is 2. The third-order valence-corrected chi connectivity index (χ3v) is 6.61. The normalized spacial score (nSPS) is 23.8. The minimum absolute atomic E-state index is 0. The first-order valence-corrected chi connectivity index (χ1v) is 10.8. The van der Waals surface area contributed by atoms with Gasteiger partial charge in [0.15, 0.2) is 0 Å². The monoisotopic (exact) mass is 448 g/mol. The van der Waals surface area contributed by atoms with Crippen LogP contribution < -0.4 is 9.47 Å². The molecule has 0 aliphatic heterocycles. The van der Waals surface area contributed by atoms with Crippen LogP contribution in [0.4, 0.5) is 0 Å². The van der Waals surface area contributed by atoms with Gasteiger partial charge in [-0.2, -0.15) is 0 Å². The summed E-state index contributed by atoms with van der Waals surface area (Å²) in [5, 5.41) is 19.3. The van der Waals surface area contributed by atoms with Crippen LogP contribution in [0.3, 0.4) is 0 Å². The van der Waals surface area contributed by atoms with Crippen molar-refractivity contribution >= 4 is 11.9 Å². The van der Waals surface area contributed by atoms with E-state index in [2.05, 4.69) is 24.3 Å². The van der Waals surface area contributed by atoms with E-state index in [9.17, 15) is 19.8 Å². The number of carbonyl (C=O) groups excluding carboxylic acids is 2. The van der Waals surface area contributed by atoms with Gasteiger partial charge in [0.25, 0.3) is 0 Å². The van der Waals surface area contributed by atoms with Crippen molar-refractivity contribution < 1.29 is 29.3 Å². The molecule has 4 aliphatic rings. The summed E-state index contributed by atoms with van der Waals surface area (Å²) in [6, 6.07) is 6.55. The number of phenolic OH excluding ortho intramolecular Hbond substituents is 2. The van der Waals surface area contributed by atoms with Crippen LogP contribution in [0.1, 0.15) is 80.0 Å². The van der Waals surface area contributed by atoms with Gasteiger partial charge in [0, 0.05) is 59.8 Å². The molecule has 0 aromatic heterocycles. The van der Waals surface area contributed by atoms with E-state index in [-0.39, 0.29) is 31.2 Å². The molecule has 0 amide bonds. The lowest BCUT2D eigenvalue weighted by Gasteiger charge is -2.18. The molecule has 33 heavy (non-hydrogen) atoms. The predicted molar refractivity (Wildman–Crippen MR) is 124 cm³/mol. The third kappa shape index (κ3) is 3.80. The summed E-state index contributed by atoms with van der Waals surface area (Å²) in [5.41, 5.74) is 3.85. The van der Waals surface area contributed by atoms with Crippen LogP contribution in [0.15, 0.2) is 48.6 Å². The molecule has 0 heterocycles. The van der Waals surface area contributed by atoms with E-state index >= 15 is 0 Å². The molecular formula is C27H28O6. The smallest absolute Gasteiger partial charge is 0.308 e. The zero-order valence-electron chi connectivity index (χ0n) is 17.9. The molecule has 4 bridgehead atoms. The Morgan fingerprint density at radius 2 is 1.00 bits per heavy atom. The van der Waals surface area contributed by atoms with Crippen molar-refractivity contribution in [2.24, 2.45) is 0 Å². The van der Waals surface area contributed by atoms with Gasteiger partial charge >= 0.3 is 11.9 Å². The summed E-state index contributed by atoms with van der Waals surface area (Å²) in [7, 11) is 0. The molecule has 2 N–H and O–H groups in total. The molecule has 6 nitrogen and oxygen atoms in total. The van der Waals surface area contributed by atoms with E-state index in [0.717, 1.165) is 35.1 Å². The zero-order valence-corrected chi connectivity index (χ0v) is 17.9. The Labute approximate surface area is 193 Å². The maximum absolute atomic E-state index is 11.2. The molecule has 2 aromatic rings. The fourth-order valence-electron chi connectivity index (χ4n) is 5.50. The van der Waals surface area contributed by atoms with E-state index in [0.29, 0.717) is 34.8 Å². The molecule has 4 aliphatic carbocycles. The lowest BCUT2D eigenvalue weighted by molar-refractivity contribution is -0.133. The first-order chi connectivity index (χ1) is 15.3. The van der Waals surface area contributed by atoms with Crippen molar-refractivity contribution in [3.05, 3.63) is 70.8 Å². The largest absolute Gasteiger partial charge is 0.508 e. The lowest BCUT2D eigenvalue weighted by Crippen LogP contribution is -2.09. The van der Waals surface area contributed by atoms with E-state index in [1.165, 1.54) is 13.8 Å². The molecule has 4 unspecified atom stereocenters. The van der Waals surface area contributed by atoms with Gasteiger partial charge in [-0.1, -0.05) is 31.7 Å². The topological polar surface area (TPSA) is 93.1 Å². The Balaban J connectivity index is 0.000000162. The fourth-order valence-corrected chi connectivity index (χ4v) is 5.50. The quantitative estimate of drug-likeness (QED) is 0.271. The van der Waals surface area contributed by atoms with Crippen molar-refractivity contribution in [1.82, 2.24) is 0 Å². The van der Waals surface area contributed by atoms with Gasteiger partial charge in [0.2, 0.25) is 0 Å². The summed E-state index contributed by atoms with van der Waals surface area (Å²) in [6.07, 6.45) is 10.5. The number of esters is 2. The van der Waals surface area contributed by atoms with Crippen LogP contribution >= 0.6 is 0 Å². The molecule has 6 heteroatoms. The van der Waals surface area contributed by atoms with E-state index in [4.69, 9.17) is 9.47 Å². The Morgan fingerprint density at radius 1 is 0.667 bits per heavy atom. The van der Waals surface area contributed by atoms with Gasteiger partial charge in [-0.15, -0.1) is 0 Å². The van der Waals surface area contributed by atoms with Gasteiger partial charge in [0.05, 0.1) is 0 Å². The number of fused-ring (bicyclic) bond motifs is 10. The second kappa shape index (κ2) is 8.43. The van der Waals surface area contributed by atoms with Crippen LogP contribution in [-0.2, 0) is 9.59 Å². The number of benzene rings is 2. The molecule has 172 valence electrons. The predicted octanol–water partition coefficient (Wildman–Crippen LogP) is 5.55. The number of phenols is 2. The SMILES string of the molecule is C.CC(=O)Oc1ccc(OC(C)=O)c2c1C1C=CC2C1.Oc1ccc(O)c2c1C1C=CC2C1. The third-order valence-electron chi connectivity index (χ3n) is 6.61. The van der Waals surface area contributed by atoms with Crippen molar-refractivity contribution in [1.29, 1.82) is 0 Å². The fraction of sp³-hybridized carbons (Fsp3) is 0.333. The molecule has 0 fully saturated rings. The van der Waals surface area contributed by atoms with Gasteiger partial charge < -0.3 is 19.7 Å². The summed E-state index contributed by atoms with van der Waals surface area (Å²) < 4.78 is 10.5. The molecule has 0 radical (unpaired) electrons. The average molecular weight is 449 g/mol. The first-order valence-electron chi connectivity index (χ1n) is 10.8. The highest BCUT2D eigenvalue weighted by Crippen LogP contribution is 2.55. The lowest BCUT2D eigenvalue weighted by atomic mass is 9.95. The standard InChI is InChI=1S/C15H14O4.C11H10O2.CH4/c1-8(16)18-12-5-6-13(19-9(2)17)15-11-4-3-10(7-11)14(12)15;12-8-3-4-9(13)11-7-2-1-6(5-7)10(8)11;/h3-6,10-11H,7H2,1-2H3;1-4,6-7,12-13H,5H2;1H4. The molecule has 2 aromatic carbocycles. The van der Waals surface area contributed by atoms with Crippen LogP contribution in [0.25, 0.3) is 0 Å². The zero-order chi connectivity index (χ0) is 22.6. The average Bonchev–Trinajstić information content (AvgIpc) is 3.52. The molecule has 4 atom stereocenters. The maximum Gasteiger partial charge on any atom is 0.308 e. The van der Waals surface area contributed by atoms with Crippen LogP contribution in [-0.4, -0.2) is 22.2 Å². The van der Waals surface area contributed by atoms with E-state index in [1.807, 2.05) is 0 Å². The maximum atomic E-state index is 11.2. The van der Waals surface area contributed by atoms with Crippen molar-refractivity contribution in [2.45, 2.75) is 57.8 Å². The van der Waals surface area contributed by atoms with E-state index < -0.39 is 0 Å². The Kier molecular flexibility index (Phi) is 5.78. The summed E-state index contributed by atoms with van der Waals surface area (Å²) in [5.74, 6) is 2.29. The number of allylic oxidation sites excluding steroid dienone is 4. The summed E-state index contributed by atoms with van der Waals surface area (Å²) in [4.78, 5) is 22.3. The first kappa shape index (κ1) is 22.6. The van der Waals surface area contributed by atoms with Gasteiger partial charge in [0.1, 0.15) is 23.0 Å². The Bertz CT molecular complexity index is 1100. The highest BCUT2D eigenvalue weighted by atomic mass is 16.5. The van der Waals surface area contributed by atoms with E-state index in [1.54, 1.807) is 24.3 Å². The van der Waals surface area contributed by atoms with Crippen LogP contribution in [0.5, 0.6) is 23.0 Å². The number of hydrogen-bond acceptors (Lipinski definition) is 6. The molecular weight excluding hydrogens is 420 g/mol. The highest BCUT2D eigenvalue weighted by Gasteiger charge is 2.39. The molecule has 0 saturated carbocycles. The van der Waals surface area contributed by atoms with Crippen LogP contribution in [0, 0.1) is 0 Å². The van der Waals surface area contributed by atoms with Gasteiger partial charge in [-0.3, -0.25) is 9.59 Å². The van der Waals surface area contributed by atoms with Crippen LogP contribution in [0.2, 0.25) is 0 Å². The minimum Gasteiger partial charge on any atom is -0.508 e. The van der Waals surface area contributed by atoms with Crippen molar-refractivity contribution in [2.75, 3.05) is 0 Å². The van der Waals surface area contributed by atoms with Crippen molar-refractivity contribution in [3.63, 3.8) is 0 Å². The van der Waals surface area contributed by atoms with Gasteiger partial charge in [-0.05, 0) is 37.1 Å². The number of rotatable bonds is 2.